The number of rotatable bonds is 1. The summed E-state index contributed by atoms with van der Waals surface area (Å²) in [5, 5.41) is 3.30. The molecule has 0 aliphatic carbocycles. The highest BCUT2D eigenvalue weighted by atomic mass is 16.5. The number of ether oxygens (including phenoxy) is 1. The van der Waals surface area contributed by atoms with Crippen molar-refractivity contribution >= 4 is 5.69 Å². The fraction of sp³-hybridized carbons (Fsp3) is 0.200. The van der Waals surface area contributed by atoms with E-state index >= 15 is 0 Å². The van der Waals surface area contributed by atoms with Crippen molar-refractivity contribution in [1.29, 1.82) is 0 Å². The number of para-hydroxylation sites is 2. The van der Waals surface area contributed by atoms with Crippen LogP contribution >= 0.6 is 0 Å². The normalized spacial score (nSPS) is 20.2. The molecule has 0 saturated carbocycles. The van der Waals surface area contributed by atoms with E-state index in [0.29, 0.717) is 6.61 Å². The third-order valence-electron chi connectivity index (χ3n) is 1.93. The molecule has 0 spiro atoms. The lowest BCUT2D eigenvalue weighted by Crippen LogP contribution is -2.29. The van der Waals surface area contributed by atoms with Crippen LogP contribution in [0.2, 0.25) is 0 Å². The summed E-state index contributed by atoms with van der Waals surface area (Å²) in [5.74, 6) is 0.926. The standard InChI is InChI=1S/C10H11NO/c1-2-8-7-12-10-6-4-3-5-9(10)11-8/h2-6,8,11H,1,7H2/t8-/m0/s1. The molecular weight excluding hydrogens is 150 g/mol. The average molecular weight is 161 g/mol. The molecule has 1 atom stereocenters. The first kappa shape index (κ1) is 7.22. The molecular formula is C10H11NO. The molecule has 62 valence electrons. The second-order valence-corrected chi connectivity index (χ2v) is 2.79. The topological polar surface area (TPSA) is 21.3 Å². The maximum atomic E-state index is 5.49. The van der Waals surface area contributed by atoms with Gasteiger partial charge < -0.3 is 10.1 Å². The van der Waals surface area contributed by atoms with Crippen molar-refractivity contribution in [2.45, 2.75) is 6.04 Å². The molecule has 2 heteroatoms. The smallest absolute Gasteiger partial charge is 0.142 e. The molecule has 1 N–H and O–H groups in total. The van der Waals surface area contributed by atoms with Gasteiger partial charge in [0.1, 0.15) is 12.4 Å². The van der Waals surface area contributed by atoms with E-state index in [9.17, 15) is 0 Å². The predicted octanol–water partition coefficient (Wildman–Crippen LogP) is 2.05. The van der Waals surface area contributed by atoms with Crippen molar-refractivity contribution in [3.05, 3.63) is 36.9 Å². The molecule has 0 unspecified atom stereocenters. The van der Waals surface area contributed by atoms with Crippen LogP contribution in [0, 0.1) is 0 Å². The quantitative estimate of drug-likeness (QED) is 0.636. The Bertz CT molecular complexity index is 296. The van der Waals surface area contributed by atoms with Gasteiger partial charge in [-0.05, 0) is 12.1 Å². The van der Waals surface area contributed by atoms with Crippen molar-refractivity contribution in [3.63, 3.8) is 0 Å². The monoisotopic (exact) mass is 161 g/mol. The molecule has 2 rings (SSSR count). The minimum absolute atomic E-state index is 0.236. The number of fused-ring (bicyclic) bond motifs is 1. The number of benzene rings is 1. The molecule has 0 radical (unpaired) electrons. The van der Waals surface area contributed by atoms with Crippen LogP contribution in [0.5, 0.6) is 5.75 Å². The molecule has 0 aromatic heterocycles. The van der Waals surface area contributed by atoms with Crippen LogP contribution in [0.3, 0.4) is 0 Å². The first-order chi connectivity index (χ1) is 5.90. The number of nitrogens with one attached hydrogen (secondary N) is 1. The second-order valence-electron chi connectivity index (χ2n) is 2.79. The third-order valence-corrected chi connectivity index (χ3v) is 1.93. The van der Waals surface area contributed by atoms with Gasteiger partial charge in [-0.2, -0.15) is 0 Å². The summed E-state index contributed by atoms with van der Waals surface area (Å²) in [7, 11) is 0. The van der Waals surface area contributed by atoms with Crippen molar-refractivity contribution < 1.29 is 4.74 Å². The van der Waals surface area contributed by atoms with E-state index in [0.717, 1.165) is 11.4 Å². The van der Waals surface area contributed by atoms with Gasteiger partial charge in [0.05, 0.1) is 11.7 Å². The molecule has 0 bridgehead atoms. The number of anilines is 1. The maximum Gasteiger partial charge on any atom is 0.142 e. The summed E-state index contributed by atoms with van der Waals surface area (Å²) in [5.41, 5.74) is 1.05. The number of hydrogen-bond acceptors (Lipinski definition) is 2. The van der Waals surface area contributed by atoms with E-state index in [4.69, 9.17) is 4.74 Å². The molecule has 0 amide bonds. The fourth-order valence-electron chi connectivity index (χ4n) is 1.26. The van der Waals surface area contributed by atoms with E-state index < -0.39 is 0 Å². The van der Waals surface area contributed by atoms with Crippen LogP contribution in [0.1, 0.15) is 0 Å². The van der Waals surface area contributed by atoms with E-state index in [1.165, 1.54) is 0 Å². The van der Waals surface area contributed by atoms with Crippen LogP contribution < -0.4 is 10.1 Å². The Hall–Kier alpha value is -1.44. The molecule has 12 heavy (non-hydrogen) atoms. The highest BCUT2D eigenvalue weighted by molar-refractivity contribution is 5.58. The lowest BCUT2D eigenvalue weighted by molar-refractivity contribution is 0.302. The average Bonchev–Trinajstić information content (AvgIpc) is 2.17. The highest BCUT2D eigenvalue weighted by Crippen LogP contribution is 2.27. The first-order valence-corrected chi connectivity index (χ1v) is 4.01. The van der Waals surface area contributed by atoms with Gasteiger partial charge >= 0.3 is 0 Å². The van der Waals surface area contributed by atoms with Crippen LogP contribution in [0.4, 0.5) is 5.69 Å². The largest absolute Gasteiger partial charge is 0.489 e. The van der Waals surface area contributed by atoms with Crippen molar-refractivity contribution in [2.24, 2.45) is 0 Å². The van der Waals surface area contributed by atoms with Gasteiger partial charge in [-0.15, -0.1) is 6.58 Å². The SMILES string of the molecule is C=C[C@H]1COc2ccccc2N1. The van der Waals surface area contributed by atoms with Crippen LogP contribution in [0.25, 0.3) is 0 Å². The van der Waals surface area contributed by atoms with Gasteiger partial charge in [0, 0.05) is 0 Å². The molecule has 1 aliphatic heterocycles. The molecule has 1 aliphatic rings. The number of hydrogen-bond donors (Lipinski definition) is 1. The van der Waals surface area contributed by atoms with Crippen LogP contribution in [-0.4, -0.2) is 12.6 Å². The van der Waals surface area contributed by atoms with E-state index in [1.54, 1.807) is 0 Å². The third kappa shape index (κ3) is 1.16. The zero-order chi connectivity index (χ0) is 8.39. The van der Waals surface area contributed by atoms with Crippen molar-refractivity contribution in [1.82, 2.24) is 0 Å². The van der Waals surface area contributed by atoms with Crippen molar-refractivity contribution in [2.75, 3.05) is 11.9 Å². The minimum atomic E-state index is 0.236. The highest BCUT2D eigenvalue weighted by Gasteiger charge is 2.14. The summed E-state index contributed by atoms with van der Waals surface area (Å²) in [4.78, 5) is 0. The predicted molar refractivity (Wildman–Crippen MR) is 49.5 cm³/mol. The van der Waals surface area contributed by atoms with E-state index in [1.807, 2.05) is 30.3 Å². The van der Waals surface area contributed by atoms with Gasteiger partial charge in [0.25, 0.3) is 0 Å². The van der Waals surface area contributed by atoms with Gasteiger partial charge in [-0.1, -0.05) is 18.2 Å². The second kappa shape index (κ2) is 2.89. The van der Waals surface area contributed by atoms with E-state index in [2.05, 4.69) is 11.9 Å². The van der Waals surface area contributed by atoms with Crippen LogP contribution in [0.15, 0.2) is 36.9 Å². The van der Waals surface area contributed by atoms with Crippen molar-refractivity contribution in [3.8, 4) is 5.75 Å². The van der Waals surface area contributed by atoms with E-state index in [-0.39, 0.29) is 6.04 Å². The van der Waals surface area contributed by atoms with Gasteiger partial charge in [0.2, 0.25) is 0 Å². The lowest BCUT2D eigenvalue weighted by atomic mass is 10.2. The Morgan fingerprint density at radius 1 is 1.50 bits per heavy atom. The lowest BCUT2D eigenvalue weighted by Gasteiger charge is -2.24. The Morgan fingerprint density at radius 3 is 3.17 bits per heavy atom. The van der Waals surface area contributed by atoms with Gasteiger partial charge in [0.15, 0.2) is 0 Å². The molecule has 1 aromatic carbocycles. The zero-order valence-corrected chi connectivity index (χ0v) is 6.79. The molecule has 1 heterocycles. The summed E-state index contributed by atoms with van der Waals surface area (Å²) >= 11 is 0. The Kier molecular flexibility index (Phi) is 1.74. The Labute approximate surface area is 71.9 Å². The molecule has 0 saturated heterocycles. The first-order valence-electron chi connectivity index (χ1n) is 4.01. The summed E-state index contributed by atoms with van der Waals surface area (Å²) in [6.45, 7) is 4.38. The molecule has 1 aromatic rings. The Morgan fingerprint density at radius 2 is 2.33 bits per heavy atom. The van der Waals surface area contributed by atoms with Gasteiger partial charge in [-0.3, -0.25) is 0 Å². The van der Waals surface area contributed by atoms with Crippen LogP contribution in [-0.2, 0) is 0 Å². The molecule has 0 fully saturated rings. The summed E-state index contributed by atoms with van der Waals surface area (Å²) in [6.07, 6.45) is 1.86. The zero-order valence-electron chi connectivity index (χ0n) is 6.79. The minimum Gasteiger partial charge on any atom is -0.489 e. The maximum absolute atomic E-state index is 5.49. The van der Waals surface area contributed by atoms with Gasteiger partial charge in [-0.25, -0.2) is 0 Å². The Balaban J connectivity index is 2.28. The molecule has 2 nitrogen and oxygen atoms in total. The fourth-order valence-corrected chi connectivity index (χ4v) is 1.26. The summed E-state index contributed by atoms with van der Waals surface area (Å²) in [6, 6.07) is 8.15. The summed E-state index contributed by atoms with van der Waals surface area (Å²) < 4.78 is 5.49.